The number of nitrogens with zero attached hydrogens (tertiary/aromatic N) is 1. The summed E-state index contributed by atoms with van der Waals surface area (Å²) in [6.45, 7) is 0. The third kappa shape index (κ3) is 5.64. The summed E-state index contributed by atoms with van der Waals surface area (Å²) >= 11 is 0. The van der Waals surface area contributed by atoms with Gasteiger partial charge in [0.05, 0.1) is 0 Å². The Kier molecular flexibility index (Phi) is 1.02. The Morgan fingerprint density at radius 1 is 1.14 bits per heavy atom. The Balaban J connectivity index is 4.21. The average molecular weight is 134 g/mol. The Bertz CT molecular complexity index is 107. The number of rotatable bonds is 0. The number of hydrogen-bond donors (Lipinski definition) is 0. The van der Waals surface area contributed by atoms with Crippen LogP contribution in [0.15, 0.2) is 0 Å². The molecule has 0 aromatic rings. The molecule has 7 heavy (non-hydrogen) atoms. The van der Waals surface area contributed by atoms with Gasteiger partial charge in [0.2, 0.25) is 0 Å². The van der Waals surface area contributed by atoms with Gasteiger partial charge in [0.25, 0.3) is 0 Å². The maximum absolute atomic E-state index is 10.6. The third-order valence-electron chi connectivity index (χ3n) is 0.169. The van der Waals surface area contributed by atoms with Crippen LogP contribution in [0.5, 0.6) is 0 Å². The van der Waals surface area contributed by atoms with Crippen molar-refractivity contribution in [3.05, 3.63) is 0 Å². The van der Waals surface area contributed by atoms with Crippen molar-refractivity contribution in [3.8, 4) is 5.81 Å². The molecule has 44 valence electrons. The van der Waals surface area contributed by atoms with Crippen molar-refractivity contribution in [3.63, 3.8) is 0 Å². The molecule has 0 aromatic carbocycles. The van der Waals surface area contributed by atoms with E-state index in [1.54, 1.807) is 0 Å². The van der Waals surface area contributed by atoms with Gasteiger partial charge in [0.15, 0.2) is 0 Å². The van der Waals surface area contributed by atoms with Gasteiger partial charge in [0.1, 0.15) is 0 Å². The molecule has 0 bridgehead atoms. The van der Waals surface area contributed by atoms with Crippen molar-refractivity contribution in [1.82, 2.24) is 0 Å². The van der Waals surface area contributed by atoms with Gasteiger partial charge in [-0.3, -0.25) is 0 Å². The molecule has 1 nitrogen and oxygen atoms in total. The van der Waals surface area contributed by atoms with Crippen molar-refractivity contribution >= 4 is 7.85 Å². The zero-order valence-corrected chi connectivity index (χ0v) is 3.96. The molecule has 0 fully saturated rings. The van der Waals surface area contributed by atoms with Gasteiger partial charge < -0.3 is 0 Å². The molecule has 0 amide bonds. The SMILES string of the molecule is N#C[PH-](F)(F)(F)F. The normalized spacial score (nSPS) is 16.7. The van der Waals surface area contributed by atoms with E-state index in [1.807, 2.05) is 0 Å². The standard InChI is InChI=1S/CHF4NP/c2-7(3,4,5)1-6/h7H/q-1. The molecule has 0 saturated heterocycles. The molecule has 0 aliphatic carbocycles. The zero-order valence-electron chi connectivity index (χ0n) is 2.96. The second kappa shape index (κ2) is 1.07. The zero-order chi connectivity index (χ0) is 6.15. The van der Waals surface area contributed by atoms with Crippen LogP contribution in [-0.4, -0.2) is 0 Å². The average Bonchev–Trinajstić information content (AvgIpc) is 1.32. The van der Waals surface area contributed by atoms with Crippen LogP contribution < -0.4 is 0 Å². The fourth-order valence-electron chi connectivity index (χ4n) is 0. The summed E-state index contributed by atoms with van der Waals surface area (Å²) in [6.07, 6.45) is 0. The van der Waals surface area contributed by atoms with Crippen molar-refractivity contribution in [2.45, 2.75) is 0 Å². The van der Waals surface area contributed by atoms with Crippen LogP contribution in [0.4, 0.5) is 16.8 Å². The van der Waals surface area contributed by atoms with Gasteiger partial charge in [-0.2, -0.15) is 0 Å². The minimum absolute atomic E-state index is 0.333. The molecule has 0 saturated carbocycles. The van der Waals surface area contributed by atoms with E-state index in [2.05, 4.69) is 0 Å². The van der Waals surface area contributed by atoms with Crippen molar-refractivity contribution in [1.29, 1.82) is 5.26 Å². The van der Waals surface area contributed by atoms with Crippen molar-refractivity contribution < 1.29 is 16.8 Å². The van der Waals surface area contributed by atoms with Crippen LogP contribution in [0.3, 0.4) is 0 Å². The van der Waals surface area contributed by atoms with Gasteiger partial charge in [0, 0.05) is 0 Å². The number of hydrogen-bond acceptors (Lipinski definition) is 1. The van der Waals surface area contributed by atoms with Gasteiger partial charge in [-0.1, -0.05) is 0 Å². The van der Waals surface area contributed by atoms with Gasteiger partial charge in [-0.05, 0) is 0 Å². The fourth-order valence-corrected chi connectivity index (χ4v) is 0. The first-order chi connectivity index (χ1) is 2.81. The van der Waals surface area contributed by atoms with E-state index in [1.165, 1.54) is 0 Å². The topological polar surface area (TPSA) is 23.8 Å². The monoisotopic (exact) mass is 134 g/mol. The molecule has 0 atom stereocenters. The van der Waals surface area contributed by atoms with Gasteiger partial charge in [-0.25, -0.2) is 0 Å². The molecule has 0 unspecified atom stereocenters. The second-order valence-electron chi connectivity index (χ2n) is 0.918. The van der Waals surface area contributed by atoms with E-state index < -0.39 is 7.85 Å². The molecule has 0 aliphatic rings. The summed E-state index contributed by atoms with van der Waals surface area (Å²) in [5.74, 6) is -0.333. The van der Waals surface area contributed by atoms with Crippen LogP contribution in [0.25, 0.3) is 0 Å². The first kappa shape index (κ1) is 6.64. The summed E-state index contributed by atoms with van der Waals surface area (Å²) in [4.78, 5) is 0. The first-order valence-electron chi connectivity index (χ1n) is 1.23. The molecule has 6 heteroatoms. The summed E-state index contributed by atoms with van der Waals surface area (Å²) in [5, 5.41) is 6.98. The predicted octanol–water partition coefficient (Wildman–Crippen LogP) is 2.29. The molecule has 0 aromatic heterocycles. The molecule has 0 spiro atoms. The summed E-state index contributed by atoms with van der Waals surface area (Å²) in [5.41, 5.74) is 0. The van der Waals surface area contributed by atoms with E-state index in [9.17, 15) is 16.8 Å². The molecular weight excluding hydrogens is 133 g/mol. The van der Waals surface area contributed by atoms with Crippen LogP contribution in [-0.2, 0) is 0 Å². The van der Waals surface area contributed by atoms with E-state index in [0.717, 1.165) is 0 Å². The Morgan fingerprint density at radius 2 is 1.29 bits per heavy atom. The minimum atomic E-state index is -7.98. The Morgan fingerprint density at radius 3 is 1.29 bits per heavy atom. The number of nitriles is 1. The van der Waals surface area contributed by atoms with Crippen LogP contribution in [0.1, 0.15) is 0 Å². The second-order valence-corrected chi connectivity index (χ2v) is 2.76. The van der Waals surface area contributed by atoms with E-state index >= 15 is 0 Å². The van der Waals surface area contributed by atoms with E-state index in [-0.39, 0.29) is 5.81 Å². The van der Waals surface area contributed by atoms with Crippen LogP contribution in [0, 0.1) is 11.1 Å². The third-order valence-corrected chi connectivity index (χ3v) is 0.507. The number of halogens is 4. The van der Waals surface area contributed by atoms with Gasteiger partial charge in [-0.15, -0.1) is 0 Å². The molecule has 0 radical (unpaired) electrons. The quantitative estimate of drug-likeness (QED) is 0.368. The fraction of sp³-hybridized carbons (Fsp3) is 0. The van der Waals surface area contributed by atoms with Crippen molar-refractivity contribution in [2.75, 3.05) is 0 Å². The van der Waals surface area contributed by atoms with Crippen molar-refractivity contribution in [2.24, 2.45) is 0 Å². The van der Waals surface area contributed by atoms with Crippen LogP contribution >= 0.6 is 7.85 Å². The molecular formula is CHF4NP-. The van der Waals surface area contributed by atoms with E-state index in [4.69, 9.17) is 5.26 Å². The summed E-state index contributed by atoms with van der Waals surface area (Å²) < 4.78 is 42.4. The molecule has 0 N–H and O–H groups in total. The maximum atomic E-state index is 10.6. The first-order valence-corrected chi connectivity index (χ1v) is 3.24. The molecule has 0 heterocycles. The Labute approximate surface area is 37.0 Å². The summed E-state index contributed by atoms with van der Waals surface area (Å²) in [7, 11) is -7.98. The summed E-state index contributed by atoms with van der Waals surface area (Å²) in [6, 6.07) is 0. The molecule has 0 aliphatic heterocycles. The predicted molar refractivity (Wildman–Crippen MR) is 18.4 cm³/mol. The van der Waals surface area contributed by atoms with Gasteiger partial charge >= 0.3 is 35.7 Å². The van der Waals surface area contributed by atoms with E-state index in [0.29, 0.717) is 0 Å². The van der Waals surface area contributed by atoms with Crippen LogP contribution in [0.2, 0.25) is 0 Å². The molecule has 0 rings (SSSR count). The Hall–Kier alpha value is -0.360.